The molecule has 0 saturated heterocycles. The number of carbonyl (C=O) groups excluding carboxylic acids is 1. The summed E-state index contributed by atoms with van der Waals surface area (Å²) in [5, 5.41) is 8.01. The van der Waals surface area contributed by atoms with Gasteiger partial charge in [0.2, 0.25) is 5.82 Å². The molecule has 0 aliphatic heterocycles. The van der Waals surface area contributed by atoms with Gasteiger partial charge < -0.3 is 13.8 Å². The minimum Gasteiger partial charge on any atom is -0.449 e. The van der Waals surface area contributed by atoms with Crippen LogP contribution in [0.2, 0.25) is 0 Å². The zero-order valence-corrected chi connectivity index (χ0v) is 17.7. The van der Waals surface area contributed by atoms with Crippen molar-refractivity contribution in [1.29, 1.82) is 0 Å². The van der Waals surface area contributed by atoms with Gasteiger partial charge in [-0.05, 0) is 45.4 Å². The number of hydrogen-bond donors (Lipinski definition) is 0. The molecule has 0 spiro atoms. The van der Waals surface area contributed by atoms with Crippen molar-refractivity contribution in [3.8, 4) is 17.2 Å². The highest BCUT2D eigenvalue weighted by molar-refractivity contribution is 5.87. The van der Waals surface area contributed by atoms with E-state index in [9.17, 15) is 4.79 Å². The van der Waals surface area contributed by atoms with E-state index in [0.29, 0.717) is 11.6 Å². The quantitative estimate of drug-likeness (QED) is 0.329. The highest BCUT2D eigenvalue weighted by atomic mass is 16.6. The van der Waals surface area contributed by atoms with Crippen molar-refractivity contribution in [2.24, 2.45) is 0 Å². The lowest BCUT2D eigenvalue weighted by Gasteiger charge is -2.06. The Balaban J connectivity index is 1.44. The summed E-state index contributed by atoms with van der Waals surface area (Å²) in [4.78, 5) is 16.6. The van der Waals surface area contributed by atoms with Gasteiger partial charge in [0.25, 0.3) is 5.89 Å². The van der Waals surface area contributed by atoms with Crippen LogP contribution in [0.5, 0.6) is 0 Å². The highest BCUT2D eigenvalue weighted by Gasteiger charge is 2.18. The number of nitrogens with zero attached hydrogens (tertiary/aromatic N) is 4. The molecule has 0 saturated carbocycles. The fourth-order valence-electron chi connectivity index (χ4n) is 3.29. The first kappa shape index (κ1) is 20.3. The van der Waals surface area contributed by atoms with Crippen LogP contribution >= 0.6 is 0 Å². The molecule has 0 amide bonds. The minimum absolute atomic E-state index is 0.236. The maximum atomic E-state index is 12.3. The van der Waals surface area contributed by atoms with Gasteiger partial charge in [-0.1, -0.05) is 40.6 Å². The number of ether oxygens (including phenoxy) is 1. The van der Waals surface area contributed by atoms with Crippen LogP contribution in [0.3, 0.4) is 0 Å². The van der Waals surface area contributed by atoms with E-state index in [-0.39, 0.29) is 5.89 Å². The van der Waals surface area contributed by atoms with Crippen LogP contribution < -0.4 is 0 Å². The summed E-state index contributed by atoms with van der Waals surface area (Å²) < 4.78 is 17.8. The summed E-state index contributed by atoms with van der Waals surface area (Å²) in [5.74, 6) is 1.61. The van der Waals surface area contributed by atoms with Crippen molar-refractivity contribution < 1.29 is 18.6 Å². The Kier molecular flexibility index (Phi) is 5.53. The van der Waals surface area contributed by atoms with Crippen LogP contribution in [0.1, 0.15) is 41.6 Å². The third kappa shape index (κ3) is 4.32. The summed E-state index contributed by atoms with van der Waals surface area (Å²) in [6.07, 6.45) is 2.42. The molecule has 3 heterocycles. The molecule has 4 aromatic rings. The molecule has 8 heteroatoms. The number of aryl methyl sites for hydroxylation is 2. The fourth-order valence-corrected chi connectivity index (χ4v) is 3.29. The van der Waals surface area contributed by atoms with Crippen molar-refractivity contribution in [1.82, 2.24) is 19.9 Å². The van der Waals surface area contributed by atoms with Crippen molar-refractivity contribution >= 4 is 12.0 Å². The second-order valence-corrected chi connectivity index (χ2v) is 7.19. The van der Waals surface area contributed by atoms with E-state index in [1.807, 2.05) is 67.8 Å². The lowest BCUT2D eigenvalue weighted by Crippen LogP contribution is -2.06. The molecule has 0 unspecified atom stereocenters. The van der Waals surface area contributed by atoms with Crippen molar-refractivity contribution in [3.63, 3.8) is 0 Å². The number of carbonyl (C=O) groups is 1. The predicted octanol–water partition coefficient (Wildman–Crippen LogP) is 4.76. The number of rotatable bonds is 6. The number of esters is 1. The van der Waals surface area contributed by atoms with Gasteiger partial charge >= 0.3 is 5.97 Å². The molecule has 4 rings (SSSR count). The van der Waals surface area contributed by atoms with Crippen molar-refractivity contribution in [2.45, 2.75) is 33.8 Å². The molecule has 8 nitrogen and oxygen atoms in total. The van der Waals surface area contributed by atoms with E-state index >= 15 is 0 Å². The summed E-state index contributed by atoms with van der Waals surface area (Å²) >= 11 is 0. The van der Waals surface area contributed by atoms with E-state index in [2.05, 4.69) is 15.3 Å². The van der Waals surface area contributed by atoms with Crippen LogP contribution in [0.4, 0.5) is 0 Å². The molecule has 1 atom stereocenters. The number of hydrogen-bond acceptors (Lipinski definition) is 7. The van der Waals surface area contributed by atoms with Gasteiger partial charge in [0.15, 0.2) is 11.9 Å². The van der Waals surface area contributed by atoms with Crippen LogP contribution in [0.15, 0.2) is 57.6 Å². The average molecular weight is 418 g/mol. The molecule has 0 aliphatic carbocycles. The summed E-state index contributed by atoms with van der Waals surface area (Å²) in [5.41, 5.74) is 3.62. The third-order valence-corrected chi connectivity index (χ3v) is 4.83. The fraction of sp³-hybridized carbons (Fsp3) is 0.217. The molecule has 1 aromatic carbocycles. The Morgan fingerprint density at radius 2 is 1.87 bits per heavy atom. The maximum absolute atomic E-state index is 12.3. The molecule has 158 valence electrons. The summed E-state index contributed by atoms with van der Waals surface area (Å²) in [6, 6.07) is 13.3. The summed E-state index contributed by atoms with van der Waals surface area (Å²) in [6.45, 7) is 7.45. The molecular formula is C23H22N4O4. The summed E-state index contributed by atoms with van der Waals surface area (Å²) in [7, 11) is 0. The second kappa shape index (κ2) is 8.43. The first-order chi connectivity index (χ1) is 14.9. The van der Waals surface area contributed by atoms with Gasteiger partial charge in [-0.3, -0.25) is 4.57 Å². The van der Waals surface area contributed by atoms with Gasteiger partial charge in [-0.15, -0.1) is 0 Å². The van der Waals surface area contributed by atoms with Gasteiger partial charge in [-0.25, -0.2) is 4.79 Å². The Hall–Kier alpha value is -3.94. The zero-order chi connectivity index (χ0) is 22.0. The van der Waals surface area contributed by atoms with E-state index in [0.717, 1.165) is 28.3 Å². The van der Waals surface area contributed by atoms with Gasteiger partial charge in [0.1, 0.15) is 5.76 Å². The normalized spacial score (nSPS) is 12.4. The van der Waals surface area contributed by atoms with E-state index in [4.69, 9.17) is 13.8 Å². The highest BCUT2D eigenvalue weighted by Crippen LogP contribution is 2.23. The molecule has 0 N–H and O–H groups in total. The molecule has 31 heavy (non-hydrogen) atoms. The van der Waals surface area contributed by atoms with Gasteiger partial charge in [-0.2, -0.15) is 4.98 Å². The first-order valence-electron chi connectivity index (χ1n) is 9.82. The third-order valence-electron chi connectivity index (χ3n) is 4.83. The van der Waals surface area contributed by atoms with Crippen LogP contribution in [0.25, 0.3) is 23.3 Å². The van der Waals surface area contributed by atoms with Crippen LogP contribution in [0, 0.1) is 20.8 Å². The smallest absolute Gasteiger partial charge is 0.331 e. The van der Waals surface area contributed by atoms with Crippen LogP contribution in [-0.4, -0.2) is 25.8 Å². The van der Waals surface area contributed by atoms with Gasteiger partial charge in [0, 0.05) is 29.1 Å². The lowest BCUT2D eigenvalue weighted by atomic mass is 10.2. The molecule has 3 aromatic heterocycles. The molecule has 0 bridgehead atoms. The SMILES string of the molecule is Cc1cc(-n2c(C)cc(/C=C/C(=O)O[C@H](C)c3nc(-c4ccccc4)no3)c2C)no1. The predicted molar refractivity (Wildman–Crippen MR) is 113 cm³/mol. The van der Waals surface area contributed by atoms with Crippen molar-refractivity contribution in [3.05, 3.63) is 77.1 Å². The Morgan fingerprint density at radius 1 is 1.10 bits per heavy atom. The molecular weight excluding hydrogens is 396 g/mol. The topological polar surface area (TPSA) is 96.2 Å². The second-order valence-electron chi connectivity index (χ2n) is 7.19. The molecule has 0 aliphatic rings. The number of benzene rings is 1. The minimum atomic E-state index is -0.673. The van der Waals surface area contributed by atoms with Crippen LogP contribution in [-0.2, 0) is 9.53 Å². The average Bonchev–Trinajstić information content (AvgIpc) is 3.47. The van der Waals surface area contributed by atoms with E-state index in [1.165, 1.54) is 6.08 Å². The zero-order valence-electron chi connectivity index (χ0n) is 17.7. The van der Waals surface area contributed by atoms with E-state index < -0.39 is 12.1 Å². The first-order valence-corrected chi connectivity index (χ1v) is 9.82. The Labute approximate surface area is 179 Å². The standard InChI is InChI=1S/C23H22N4O4/c1-14-12-19(16(3)27(14)20-13-15(2)30-25-20)10-11-21(28)29-17(4)23-24-22(26-31-23)18-8-6-5-7-9-18/h5-13,17H,1-4H3/b11-10+/t17-/m1/s1. The van der Waals surface area contributed by atoms with E-state index in [1.54, 1.807) is 13.0 Å². The number of aromatic nitrogens is 4. The maximum Gasteiger partial charge on any atom is 0.331 e. The van der Waals surface area contributed by atoms with Gasteiger partial charge in [0.05, 0.1) is 0 Å². The largest absolute Gasteiger partial charge is 0.449 e. The Morgan fingerprint density at radius 3 is 2.58 bits per heavy atom. The lowest BCUT2D eigenvalue weighted by molar-refractivity contribution is -0.143. The monoisotopic (exact) mass is 418 g/mol. The Bertz CT molecular complexity index is 1230. The molecule has 0 fully saturated rings. The van der Waals surface area contributed by atoms with Crippen molar-refractivity contribution in [2.75, 3.05) is 0 Å². The molecule has 0 radical (unpaired) electrons.